The van der Waals surface area contributed by atoms with E-state index >= 15 is 0 Å². The monoisotopic (exact) mass is 510 g/mol. The molecular weight excluding hydrogens is 476 g/mol. The molecule has 1 aromatic heterocycles. The average molecular weight is 511 g/mol. The SMILES string of the molecule is COCCCN1C(=O)C(C#N)=C(C)/C(=C\c2cn(-c3ccccc3)nc2C23CC4CC(CC(C4)C2)C3)C1=O. The lowest BCUT2D eigenvalue weighted by Gasteiger charge is -2.56. The summed E-state index contributed by atoms with van der Waals surface area (Å²) in [7, 11) is 1.59. The van der Waals surface area contributed by atoms with Crippen molar-refractivity contribution in [3.05, 3.63) is 64.5 Å². The van der Waals surface area contributed by atoms with Crippen LogP contribution in [0.4, 0.5) is 0 Å². The highest BCUT2D eigenvalue weighted by molar-refractivity contribution is 6.19. The van der Waals surface area contributed by atoms with Crippen LogP contribution in [0.2, 0.25) is 0 Å². The molecule has 0 spiro atoms. The number of benzene rings is 1. The Morgan fingerprint density at radius 2 is 1.74 bits per heavy atom. The fourth-order valence-electron chi connectivity index (χ4n) is 7.87. The zero-order valence-electron chi connectivity index (χ0n) is 22.2. The number of ether oxygens (including phenoxy) is 1. The fraction of sp³-hybridized carbons (Fsp3) is 0.484. The van der Waals surface area contributed by atoms with Crippen LogP contribution in [-0.4, -0.2) is 46.8 Å². The zero-order valence-corrected chi connectivity index (χ0v) is 22.2. The van der Waals surface area contributed by atoms with E-state index in [9.17, 15) is 14.9 Å². The molecule has 4 bridgehead atoms. The van der Waals surface area contributed by atoms with Gasteiger partial charge in [0.05, 0.1) is 11.4 Å². The summed E-state index contributed by atoms with van der Waals surface area (Å²) in [4.78, 5) is 27.9. The van der Waals surface area contributed by atoms with Gasteiger partial charge in [-0.1, -0.05) is 18.2 Å². The summed E-state index contributed by atoms with van der Waals surface area (Å²) in [5.74, 6) is 1.37. The fourth-order valence-corrected chi connectivity index (χ4v) is 7.87. The van der Waals surface area contributed by atoms with Gasteiger partial charge in [-0.3, -0.25) is 14.5 Å². The molecule has 0 radical (unpaired) electrons. The smallest absolute Gasteiger partial charge is 0.271 e. The summed E-state index contributed by atoms with van der Waals surface area (Å²) >= 11 is 0. The molecule has 7 rings (SSSR count). The van der Waals surface area contributed by atoms with Gasteiger partial charge in [0.25, 0.3) is 11.8 Å². The van der Waals surface area contributed by atoms with Crippen LogP contribution in [0.1, 0.15) is 63.1 Å². The lowest BCUT2D eigenvalue weighted by atomic mass is 9.48. The molecule has 4 aliphatic carbocycles. The maximum absolute atomic E-state index is 13.7. The first-order chi connectivity index (χ1) is 18.4. The first-order valence-electron chi connectivity index (χ1n) is 13.8. The van der Waals surface area contributed by atoms with Crippen LogP contribution in [-0.2, 0) is 19.7 Å². The van der Waals surface area contributed by atoms with Gasteiger partial charge in [-0.05, 0) is 93.4 Å². The second-order valence-corrected chi connectivity index (χ2v) is 11.7. The van der Waals surface area contributed by atoms with Gasteiger partial charge in [0, 0.05) is 43.0 Å². The van der Waals surface area contributed by atoms with E-state index in [1.807, 2.05) is 47.3 Å². The van der Waals surface area contributed by atoms with Crippen LogP contribution < -0.4 is 0 Å². The van der Waals surface area contributed by atoms with Crippen molar-refractivity contribution in [3.63, 3.8) is 0 Å². The van der Waals surface area contributed by atoms with Crippen molar-refractivity contribution >= 4 is 17.9 Å². The predicted octanol–water partition coefficient (Wildman–Crippen LogP) is 4.97. The molecule has 4 fully saturated rings. The highest BCUT2D eigenvalue weighted by atomic mass is 16.5. The summed E-state index contributed by atoms with van der Waals surface area (Å²) in [6.45, 7) is 2.35. The van der Waals surface area contributed by atoms with Gasteiger partial charge in [-0.2, -0.15) is 10.4 Å². The molecule has 7 nitrogen and oxygen atoms in total. The maximum atomic E-state index is 13.7. The van der Waals surface area contributed by atoms with Crippen molar-refractivity contribution in [1.29, 1.82) is 5.26 Å². The van der Waals surface area contributed by atoms with Gasteiger partial charge in [0.2, 0.25) is 0 Å². The molecule has 2 heterocycles. The Kier molecular flexibility index (Phi) is 6.31. The van der Waals surface area contributed by atoms with E-state index in [0.717, 1.165) is 54.0 Å². The van der Waals surface area contributed by atoms with Gasteiger partial charge in [0.15, 0.2) is 0 Å². The molecule has 2 aromatic rings. The number of carbonyl (C=O) groups excluding carboxylic acids is 2. The Labute approximate surface area is 223 Å². The molecular formula is C31H34N4O3. The maximum Gasteiger partial charge on any atom is 0.271 e. The van der Waals surface area contributed by atoms with E-state index in [2.05, 4.69) is 6.07 Å². The van der Waals surface area contributed by atoms with Gasteiger partial charge < -0.3 is 4.74 Å². The summed E-state index contributed by atoms with van der Waals surface area (Å²) in [6, 6.07) is 12.1. The molecule has 0 unspecified atom stereocenters. The minimum absolute atomic E-state index is 0.0164. The molecule has 0 N–H and O–H groups in total. The quantitative estimate of drug-likeness (QED) is 0.298. The minimum Gasteiger partial charge on any atom is -0.385 e. The van der Waals surface area contributed by atoms with Gasteiger partial charge >= 0.3 is 0 Å². The largest absolute Gasteiger partial charge is 0.385 e. The van der Waals surface area contributed by atoms with E-state index in [4.69, 9.17) is 9.84 Å². The number of aromatic nitrogens is 2. The summed E-state index contributed by atoms with van der Waals surface area (Å²) < 4.78 is 7.06. The number of hydrogen-bond acceptors (Lipinski definition) is 5. The van der Waals surface area contributed by atoms with Crippen LogP contribution in [0.5, 0.6) is 0 Å². The molecule has 5 aliphatic rings. The third-order valence-electron chi connectivity index (χ3n) is 9.16. The van der Waals surface area contributed by atoms with Gasteiger partial charge in [0.1, 0.15) is 11.6 Å². The topological polar surface area (TPSA) is 88.2 Å². The summed E-state index contributed by atoms with van der Waals surface area (Å²) in [5, 5.41) is 15.0. The Hall–Kier alpha value is -3.50. The third kappa shape index (κ3) is 4.12. The van der Waals surface area contributed by atoms with Crippen molar-refractivity contribution in [3.8, 4) is 11.8 Å². The summed E-state index contributed by atoms with van der Waals surface area (Å²) in [6.07, 6.45) is 11.9. The van der Waals surface area contributed by atoms with E-state index in [1.54, 1.807) is 14.0 Å². The second kappa shape index (κ2) is 9.67. The van der Waals surface area contributed by atoms with Gasteiger partial charge in [-0.25, -0.2) is 4.68 Å². The van der Waals surface area contributed by atoms with Crippen LogP contribution in [0, 0.1) is 29.1 Å². The number of hydrogen-bond donors (Lipinski definition) is 0. The van der Waals surface area contributed by atoms with Gasteiger partial charge in [-0.15, -0.1) is 0 Å². The molecule has 4 saturated carbocycles. The molecule has 0 saturated heterocycles. The number of methoxy groups -OCH3 is 1. The van der Waals surface area contributed by atoms with Crippen molar-refractivity contribution in [2.75, 3.05) is 20.3 Å². The van der Waals surface area contributed by atoms with Crippen LogP contribution in [0.25, 0.3) is 11.8 Å². The van der Waals surface area contributed by atoms with E-state index < -0.39 is 5.91 Å². The second-order valence-electron chi connectivity index (χ2n) is 11.7. The predicted molar refractivity (Wildman–Crippen MR) is 143 cm³/mol. The highest BCUT2D eigenvalue weighted by Gasteiger charge is 2.53. The number of carbonyl (C=O) groups is 2. The Morgan fingerprint density at radius 1 is 1.08 bits per heavy atom. The molecule has 38 heavy (non-hydrogen) atoms. The molecule has 1 aliphatic heterocycles. The first-order valence-corrected chi connectivity index (χ1v) is 13.8. The van der Waals surface area contributed by atoms with Crippen molar-refractivity contribution in [2.45, 2.75) is 57.3 Å². The zero-order chi connectivity index (χ0) is 26.4. The number of amides is 2. The van der Waals surface area contributed by atoms with E-state index in [-0.39, 0.29) is 23.4 Å². The first kappa shape index (κ1) is 24.8. The number of nitriles is 1. The molecule has 7 heteroatoms. The van der Waals surface area contributed by atoms with Crippen LogP contribution >= 0.6 is 0 Å². The Bertz CT molecular complexity index is 1340. The minimum atomic E-state index is -0.524. The Balaban J connectivity index is 1.47. The molecule has 196 valence electrons. The van der Waals surface area contributed by atoms with Crippen molar-refractivity contribution in [1.82, 2.24) is 14.7 Å². The number of imide groups is 1. The third-order valence-corrected chi connectivity index (χ3v) is 9.16. The van der Waals surface area contributed by atoms with E-state index in [0.29, 0.717) is 24.2 Å². The Morgan fingerprint density at radius 3 is 2.34 bits per heavy atom. The lowest BCUT2D eigenvalue weighted by molar-refractivity contribution is -0.140. The van der Waals surface area contributed by atoms with Crippen molar-refractivity contribution < 1.29 is 14.3 Å². The standard InChI is InChI=1S/C31H34N4O3/c1-20-26(29(36)34(9-6-10-38-2)30(37)27(20)18-32)14-24-19-35(25-7-4-3-5-8-25)33-28(24)31-15-21-11-22(16-31)13-23(12-21)17-31/h3-5,7-8,14,19,21-23H,6,9-13,15-17H2,1-2H3/b26-14+. The number of nitrogens with zero attached hydrogens (tertiary/aromatic N) is 4. The average Bonchev–Trinajstić information content (AvgIpc) is 3.34. The number of para-hydroxylation sites is 1. The highest BCUT2D eigenvalue weighted by Crippen LogP contribution is 2.61. The lowest BCUT2D eigenvalue weighted by Crippen LogP contribution is -2.49. The van der Waals surface area contributed by atoms with E-state index in [1.165, 1.54) is 24.2 Å². The number of rotatable bonds is 7. The normalized spacial score (nSPS) is 29.4. The molecule has 0 atom stereocenters. The molecule has 2 amide bonds. The molecule has 1 aromatic carbocycles. The van der Waals surface area contributed by atoms with Crippen LogP contribution in [0.3, 0.4) is 0 Å². The van der Waals surface area contributed by atoms with Crippen LogP contribution in [0.15, 0.2) is 53.2 Å². The van der Waals surface area contributed by atoms with Crippen molar-refractivity contribution in [2.24, 2.45) is 17.8 Å². The summed E-state index contributed by atoms with van der Waals surface area (Å²) in [5.41, 5.74) is 3.84.